The van der Waals surface area contributed by atoms with Crippen molar-refractivity contribution in [2.45, 2.75) is 20.4 Å². The van der Waals surface area contributed by atoms with Gasteiger partial charge in [0.1, 0.15) is 17.2 Å². The summed E-state index contributed by atoms with van der Waals surface area (Å²) in [5.41, 5.74) is 9.14. The summed E-state index contributed by atoms with van der Waals surface area (Å²) in [6.45, 7) is 4.58. The highest BCUT2D eigenvalue weighted by atomic mass is 16.5. The van der Waals surface area contributed by atoms with Gasteiger partial charge in [0, 0.05) is 18.2 Å². The van der Waals surface area contributed by atoms with E-state index in [1.165, 1.54) is 11.1 Å². The Bertz CT molecular complexity index is 579. The molecule has 2 aromatic rings. The molecule has 2 aromatic carbocycles. The second kappa shape index (κ2) is 5.76. The lowest BCUT2D eigenvalue weighted by atomic mass is 10.1. The second-order valence-electron chi connectivity index (χ2n) is 4.53. The first kappa shape index (κ1) is 13.4. The van der Waals surface area contributed by atoms with Gasteiger partial charge in [0.25, 0.3) is 0 Å². The summed E-state index contributed by atoms with van der Waals surface area (Å²) in [5.74, 6) is 2.31. The Kier molecular flexibility index (Phi) is 4.07. The third-order valence-corrected chi connectivity index (χ3v) is 3.20. The van der Waals surface area contributed by atoms with Crippen molar-refractivity contribution < 1.29 is 9.47 Å². The molecule has 3 nitrogen and oxygen atoms in total. The van der Waals surface area contributed by atoms with Crippen LogP contribution in [0.5, 0.6) is 17.2 Å². The lowest BCUT2D eigenvalue weighted by Gasteiger charge is -2.12. The van der Waals surface area contributed by atoms with Gasteiger partial charge in [-0.15, -0.1) is 0 Å². The summed E-state index contributed by atoms with van der Waals surface area (Å²) in [7, 11) is 1.64. The summed E-state index contributed by atoms with van der Waals surface area (Å²) < 4.78 is 11.1. The van der Waals surface area contributed by atoms with Crippen molar-refractivity contribution in [3.05, 3.63) is 53.1 Å². The van der Waals surface area contributed by atoms with Crippen LogP contribution in [0.3, 0.4) is 0 Å². The van der Waals surface area contributed by atoms with Gasteiger partial charge in [-0.05, 0) is 43.2 Å². The van der Waals surface area contributed by atoms with Gasteiger partial charge in [-0.25, -0.2) is 0 Å². The van der Waals surface area contributed by atoms with Crippen LogP contribution in [0.25, 0.3) is 0 Å². The van der Waals surface area contributed by atoms with Crippen LogP contribution in [-0.2, 0) is 6.54 Å². The van der Waals surface area contributed by atoms with E-state index < -0.39 is 0 Å². The fraction of sp³-hybridized carbons (Fsp3) is 0.250. The number of hydrogen-bond donors (Lipinski definition) is 1. The van der Waals surface area contributed by atoms with Gasteiger partial charge >= 0.3 is 0 Å². The van der Waals surface area contributed by atoms with E-state index in [0.29, 0.717) is 6.54 Å². The molecule has 100 valence electrons. The van der Waals surface area contributed by atoms with Crippen molar-refractivity contribution >= 4 is 0 Å². The molecule has 0 fully saturated rings. The van der Waals surface area contributed by atoms with Gasteiger partial charge in [0.05, 0.1) is 7.11 Å². The summed E-state index contributed by atoms with van der Waals surface area (Å²) >= 11 is 0. The van der Waals surface area contributed by atoms with Crippen LogP contribution in [0.4, 0.5) is 0 Å². The van der Waals surface area contributed by atoms with Crippen LogP contribution in [-0.4, -0.2) is 7.11 Å². The van der Waals surface area contributed by atoms with Crippen LogP contribution in [0.2, 0.25) is 0 Å². The zero-order valence-electron chi connectivity index (χ0n) is 11.6. The molecule has 0 unspecified atom stereocenters. The lowest BCUT2D eigenvalue weighted by Crippen LogP contribution is -2.00. The second-order valence-corrected chi connectivity index (χ2v) is 4.53. The highest BCUT2D eigenvalue weighted by Gasteiger charge is 2.06. The Morgan fingerprint density at radius 1 is 0.947 bits per heavy atom. The average Bonchev–Trinajstić information content (AvgIpc) is 2.43. The average molecular weight is 257 g/mol. The first-order chi connectivity index (χ1) is 9.13. The Morgan fingerprint density at radius 3 is 2.32 bits per heavy atom. The summed E-state index contributed by atoms with van der Waals surface area (Å²) in [6.07, 6.45) is 0. The van der Waals surface area contributed by atoms with E-state index >= 15 is 0 Å². The molecule has 0 aliphatic heterocycles. The molecule has 2 N–H and O–H groups in total. The number of methoxy groups -OCH3 is 1. The molecule has 0 aliphatic rings. The molecule has 3 heteroatoms. The van der Waals surface area contributed by atoms with Crippen LogP contribution in [0.1, 0.15) is 16.7 Å². The number of benzene rings is 2. The maximum Gasteiger partial charge on any atom is 0.135 e. The molecule has 0 saturated carbocycles. The van der Waals surface area contributed by atoms with Crippen LogP contribution in [0.15, 0.2) is 36.4 Å². The van der Waals surface area contributed by atoms with Crippen molar-refractivity contribution in [2.75, 3.05) is 7.11 Å². The SMILES string of the molecule is COc1ccc(CN)c(Oc2ccc(C)c(C)c2)c1. The first-order valence-electron chi connectivity index (χ1n) is 6.26. The van der Waals surface area contributed by atoms with E-state index in [4.69, 9.17) is 15.2 Å². The molecular formula is C16H19NO2. The van der Waals surface area contributed by atoms with E-state index in [0.717, 1.165) is 22.8 Å². The summed E-state index contributed by atoms with van der Waals surface area (Å²) in [4.78, 5) is 0. The normalized spacial score (nSPS) is 10.3. The molecule has 0 amide bonds. The minimum absolute atomic E-state index is 0.435. The van der Waals surface area contributed by atoms with Gasteiger partial charge in [-0.2, -0.15) is 0 Å². The molecule has 2 rings (SSSR count). The molecule has 19 heavy (non-hydrogen) atoms. The monoisotopic (exact) mass is 257 g/mol. The highest BCUT2D eigenvalue weighted by molar-refractivity contribution is 5.44. The summed E-state index contributed by atoms with van der Waals surface area (Å²) in [5, 5.41) is 0. The van der Waals surface area contributed by atoms with E-state index in [9.17, 15) is 0 Å². The number of aryl methyl sites for hydroxylation is 2. The Hall–Kier alpha value is -2.00. The van der Waals surface area contributed by atoms with Crippen molar-refractivity contribution in [2.24, 2.45) is 5.73 Å². The minimum Gasteiger partial charge on any atom is -0.497 e. The molecule has 0 bridgehead atoms. The van der Waals surface area contributed by atoms with Gasteiger partial charge in [-0.3, -0.25) is 0 Å². The quantitative estimate of drug-likeness (QED) is 0.910. The zero-order valence-corrected chi connectivity index (χ0v) is 11.6. The number of nitrogens with two attached hydrogens (primary N) is 1. The molecule has 0 spiro atoms. The fourth-order valence-electron chi connectivity index (χ4n) is 1.83. The standard InChI is InChI=1S/C16H19NO2/c1-11-4-6-15(8-12(11)2)19-16-9-14(18-3)7-5-13(16)10-17/h4-9H,10,17H2,1-3H3. The largest absolute Gasteiger partial charge is 0.497 e. The molecule has 0 heterocycles. The molecule has 0 saturated heterocycles. The minimum atomic E-state index is 0.435. The Labute approximate surface area is 114 Å². The number of rotatable bonds is 4. The third-order valence-electron chi connectivity index (χ3n) is 3.20. The zero-order chi connectivity index (χ0) is 13.8. The highest BCUT2D eigenvalue weighted by Crippen LogP contribution is 2.30. The van der Waals surface area contributed by atoms with E-state index in [1.807, 2.05) is 36.4 Å². The Balaban J connectivity index is 2.33. The fourth-order valence-corrected chi connectivity index (χ4v) is 1.83. The summed E-state index contributed by atoms with van der Waals surface area (Å²) in [6, 6.07) is 11.7. The van der Waals surface area contributed by atoms with E-state index in [-0.39, 0.29) is 0 Å². The molecular weight excluding hydrogens is 238 g/mol. The van der Waals surface area contributed by atoms with Crippen LogP contribution >= 0.6 is 0 Å². The number of ether oxygens (including phenoxy) is 2. The van der Waals surface area contributed by atoms with Gasteiger partial charge in [-0.1, -0.05) is 12.1 Å². The van der Waals surface area contributed by atoms with Crippen molar-refractivity contribution in [3.8, 4) is 17.2 Å². The molecule has 0 aromatic heterocycles. The van der Waals surface area contributed by atoms with E-state index in [1.54, 1.807) is 7.11 Å². The molecule has 0 aliphatic carbocycles. The first-order valence-corrected chi connectivity index (χ1v) is 6.26. The maximum atomic E-state index is 5.92. The third kappa shape index (κ3) is 3.06. The van der Waals surface area contributed by atoms with Gasteiger partial charge < -0.3 is 15.2 Å². The Morgan fingerprint density at radius 2 is 1.68 bits per heavy atom. The van der Waals surface area contributed by atoms with Gasteiger partial charge in [0.15, 0.2) is 0 Å². The van der Waals surface area contributed by atoms with Crippen molar-refractivity contribution in [3.63, 3.8) is 0 Å². The van der Waals surface area contributed by atoms with Crippen LogP contribution in [0, 0.1) is 13.8 Å². The predicted octanol–water partition coefficient (Wildman–Crippen LogP) is 3.56. The number of hydrogen-bond acceptors (Lipinski definition) is 3. The van der Waals surface area contributed by atoms with Crippen LogP contribution < -0.4 is 15.2 Å². The molecule has 0 atom stereocenters. The van der Waals surface area contributed by atoms with Gasteiger partial charge in [0.2, 0.25) is 0 Å². The van der Waals surface area contributed by atoms with Crippen molar-refractivity contribution in [1.29, 1.82) is 0 Å². The van der Waals surface area contributed by atoms with E-state index in [2.05, 4.69) is 13.8 Å². The predicted molar refractivity (Wildman–Crippen MR) is 76.9 cm³/mol. The lowest BCUT2D eigenvalue weighted by molar-refractivity contribution is 0.408. The maximum absolute atomic E-state index is 5.92. The smallest absolute Gasteiger partial charge is 0.135 e. The topological polar surface area (TPSA) is 44.5 Å². The van der Waals surface area contributed by atoms with Crippen molar-refractivity contribution in [1.82, 2.24) is 0 Å². The molecule has 0 radical (unpaired) electrons.